The van der Waals surface area contributed by atoms with Crippen molar-refractivity contribution in [3.05, 3.63) is 0 Å². The summed E-state index contributed by atoms with van der Waals surface area (Å²) in [5, 5.41) is 0. The SMILES string of the molecule is CC.CC.CCCC.CCCCCC.CCCCC[C@@H](C)C1CCC2C3CCC4CCCCC4(C)C3CCC21C. The minimum absolute atomic E-state index is 0.685. The molecule has 242 valence electrons. The van der Waals surface area contributed by atoms with Gasteiger partial charge in [-0.3, -0.25) is 0 Å². The van der Waals surface area contributed by atoms with Crippen LogP contribution < -0.4 is 0 Å². The van der Waals surface area contributed by atoms with Crippen molar-refractivity contribution in [3.63, 3.8) is 0 Å². The first-order valence-corrected chi connectivity index (χ1v) is 19.3. The maximum absolute atomic E-state index is 2.75. The van der Waals surface area contributed by atoms with E-state index in [1.54, 1.807) is 51.4 Å². The molecule has 0 heterocycles. The van der Waals surface area contributed by atoms with Crippen molar-refractivity contribution in [2.45, 2.75) is 212 Å². The molecule has 0 heteroatoms. The number of unbranched alkanes of at least 4 members (excludes halogenated alkanes) is 6. The maximum atomic E-state index is 2.75. The molecule has 0 saturated heterocycles. The zero-order chi connectivity index (χ0) is 30.6. The Kier molecular flexibility index (Phi) is 22.5. The van der Waals surface area contributed by atoms with Gasteiger partial charge in [0, 0.05) is 0 Å². The highest BCUT2D eigenvalue weighted by Gasteiger charge is 2.59. The quantitative estimate of drug-likeness (QED) is 0.245. The van der Waals surface area contributed by atoms with Crippen LogP contribution in [0.4, 0.5) is 0 Å². The Morgan fingerprint density at radius 2 is 1.10 bits per heavy atom. The Hall–Kier alpha value is 0. The Balaban J connectivity index is 0.000000918. The molecule has 8 atom stereocenters. The molecule has 0 N–H and O–H groups in total. The molecule has 40 heavy (non-hydrogen) atoms. The summed E-state index contributed by atoms with van der Waals surface area (Å²) in [5.74, 6) is 6.30. The lowest BCUT2D eigenvalue weighted by Gasteiger charge is -2.61. The second kappa shape index (κ2) is 22.5. The van der Waals surface area contributed by atoms with Crippen LogP contribution in [0.3, 0.4) is 0 Å². The third-order valence-electron chi connectivity index (χ3n) is 12.1. The molecule has 0 bridgehead atoms. The standard InChI is InChI=1S/C26H46.C6H14.C4H10.2C2H6/c1-5-6-7-10-19(2)22-14-15-23-21-13-12-20-11-8-9-17-25(20,3)24(21)16-18-26(22,23)4;1-3-5-6-4-2;1-3-4-2;2*1-2/h19-24H,5-18H2,1-4H3;3-6H2,1-2H3;3-4H2,1-2H3;2*1-2H3/t19-,20?,21?,22?,23?,24?,25?,26?;;;;/m1..../s1. The van der Waals surface area contributed by atoms with Gasteiger partial charge in [-0.1, -0.05) is 160 Å². The van der Waals surface area contributed by atoms with Crippen molar-refractivity contribution in [2.75, 3.05) is 0 Å². The summed E-state index contributed by atoms with van der Waals surface area (Å²) in [4.78, 5) is 0. The van der Waals surface area contributed by atoms with E-state index in [1.165, 1.54) is 77.0 Å². The summed E-state index contributed by atoms with van der Waals surface area (Å²) in [6.07, 6.45) is 29.5. The molecule has 0 aromatic carbocycles. The third kappa shape index (κ3) is 10.9. The van der Waals surface area contributed by atoms with Gasteiger partial charge in [-0.25, -0.2) is 0 Å². The first-order valence-electron chi connectivity index (χ1n) is 19.3. The maximum Gasteiger partial charge on any atom is -0.0264 e. The van der Waals surface area contributed by atoms with Gasteiger partial charge in [0.15, 0.2) is 0 Å². The minimum Gasteiger partial charge on any atom is -0.0683 e. The van der Waals surface area contributed by atoms with Crippen LogP contribution >= 0.6 is 0 Å². The topological polar surface area (TPSA) is 0 Å². The Labute approximate surface area is 257 Å². The molecule has 4 fully saturated rings. The van der Waals surface area contributed by atoms with Gasteiger partial charge in [-0.15, -0.1) is 0 Å². The van der Waals surface area contributed by atoms with Gasteiger partial charge in [0.25, 0.3) is 0 Å². The van der Waals surface area contributed by atoms with E-state index in [9.17, 15) is 0 Å². The molecule has 4 aliphatic carbocycles. The van der Waals surface area contributed by atoms with Gasteiger partial charge in [-0.05, 0) is 97.7 Å². The van der Waals surface area contributed by atoms with Crippen molar-refractivity contribution < 1.29 is 0 Å². The third-order valence-corrected chi connectivity index (χ3v) is 12.1. The molecule has 0 nitrogen and oxygen atoms in total. The highest BCUT2D eigenvalue weighted by molar-refractivity contribution is 5.09. The minimum atomic E-state index is 0.685. The van der Waals surface area contributed by atoms with Gasteiger partial charge in [0.1, 0.15) is 0 Å². The molecule has 4 aliphatic rings. The molecule has 0 aromatic rings. The summed E-state index contributed by atoms with van der Waals surface area (Å²) < 4.78 is 0. The van der Waals surface area contributed by atoms with Gasteiger partial charge in [0.05, 0.1) is 0 Å². The second-order valence-corrected chi connectivity index (χ2v) is 14.3. The van der Waals surface area contributed by atoms with Crippen LogP contribution in [0.25, 0.3) is 0 Å². The molecular formula is C40H82. The molecule has 7 unspecified atom stereocenters. The lowest BCUT2D eigenvalue weighted by atomic mass is 9.44. The summed E-state index contributed by atoms with van der Waals surface area (Å²) in [6.45, 7) is 27.3. The van der Waals surface area contributed by atoms with Crippen LogP contribution in [0.2, 0.25) is 0 Å². The number of fused-ring (bicyclic) bond motifs is 5. The summed E-state index contributed by atoms with van der Waals surface area (Å²) in [7, 11) is 0. The van der Waals surface area contributed by atoms with E-state index in [-0.39, 0.29) is 0 Å². The molecule has 0 aliphatic heterocycles. The van der Waals surface area contributed by atoms with Crippen LogP contribution in [-0.2, 0) is 0 Å². The molecule has 4 rings (SSSR count). The summed E-state index contributed by atoms with van der Waals surface area (Å²) >= 11 is 0. The van der Waals surface area contributed by atoms with Gasteiger partial charge in [0.2, 0.25) is 0 Å². The number of rotatable bonds is 9. The van der Waals surface area contributed by atoms with Crippen LogP contribution in [0.15, 0.2) is 0 Å². The molecule has 0 radical (unpaired) electrons. The first kappa shape index (κ1) is 40.0. The molecule has 4 saturated carbocycles. The van der Waals surface area contributed by atoms with Gasteiger partial charge < -0.3 is 0 Å². The Morgan fingerprint density at radius 1 is 0.550 bits per heavy atom. The van der Waals surface area contributed by atoms with Crippen molar-refractivity contribution in [2.24, 2.45) is 46.3 Å². The lowest BCUT2D eigenvalue weighted by molar-refractivity contribution is -0.114. The van der Waals surface area contributed by atoms with E-state index in [1.807, 2.05) is 27.7 Å². The Morgan fingerprint density at radius 3 is 1.65 bits per heavy atom. The molecule has 0 spiro atoms. The predicted octanol–water partition coefficient (Wildman–Crippen LogP) is 14.7. The second-order valence-electron chi connectivity index (χ2n) is 14.3. The fourth-order valence-corrected chi connectivity index (χ4v) is 9.69. The van der Waals surface area contributed by atoms with Crippen molar-refractivity contribution in [1.29, 1.82) is 0 Å². The van der Waals surface area contributed by atoms with E-state index in [2.05, 4.69) is 55.4 Å². The number of hydrogen-bond donors (Lipinski definition) is 0. The highest BCUT2D eigenvalue weighted by atomic mass is 14.6. The molecule has 0 aromatic heterocycles. The first-order chi connectivity index (χ1) is 19.3. The van der Waals surface area contributed by atoms with Crippen LogP contribution in [-0.4, -0.2) is 0 Å². The van der Waals surface area contributed by atoms with E-state index in [0.717, 1.165) is 35.5 Å². The van der Waals surface area contributed by atoms with Gasteiger partial charge in [-0.2, -0.15) is 0 Å². The van der Waals surface area contributed by atoms with E-state index >= 15 is 0 Å². The van der Waals surface area contributed by atoms with Crippen molar-refractivity contribution in [1.82, 2.24) is 0 Å². The largest absolute Gasteiger partial charge is 0.0683 e. The van der Waals surface area contributed by atoms with E-state index in [0.29, 0.717) is 10.8 Å². The average molecular weight is 563 g/mol. The lowest BCUT2D eigenvalue weighted by Crippen LogP contribution is -2.53. The molecular weight excluding hydrogens is 480 g/mol. The predicted molar refractivity (Wildman–Crippen MR) is 186 cm³/mol. The molecule has 0 amide bonds. The van der Waals surface area contributed by atoms with Crippen LogP contribution in [0.5, 0.6) is 0 Å². The fourth-order valence-electron chi connectivity index (χ4n) is 9.69. The normalized spacial score (nSPS) is 34.4. The van der Waals surface area contributed by atoms with E-state index < -0.39 is 0 Å². The smallest absolute Gasteiger partial charge is 0.0264 e. The summed E-state index contributed by atoms with van der Waals surface area (Å²) in [6, 6.07) is 0. The number of hydrogen-bond acceptors (Lipinski definition) is 0. The van der Waals surface area contributed by atoms with E-state index in [4.69, 9.17) is 0 Å². The summed E-state index contributed by atoms with van der Waals surface area (Å²) in [5.41, 5.74) is 1.40. The van der Waals surface area contributed by atoms with Crippen molar-refractivity contribution in [3.8, 4) is 0 Å². The monoisotopic (exact) mass is 563 g/mol. The van der Waals surface area contributed by atoms with Gasteiger partial charge >= 0.3 is 0 Å². The zero-order valence-corrected chi connectivity index (χ0v) is 30.6. The average Bonchev–Trinajstić information content (AvgIpc) is 3.35. The van der Waals surface area contributed by atoms with Crippen LogP contribution in [0.1, 0.15) is 212 Å². The zero-order valence-electron chi connectivity index (χ0n) is 30.6. The van der Waals surface area contributed by atoms with Crippen LogP contribution in [0, 0.1) is 46.3 Å². The highest BCUT2D eigenvalue weighted by Crippen LogP contribution is 2.68. The fraction of sp³-hybridized carbons (Fsp3) is 1.00. The van der Waals surface area contributed by atoms with Crippen molar-refractivity contribution >= 4 is 0 Å². The Bertz CT molecular complexity index is 558.